The van der Waals surface area contributed by atoms with Gasteiger partial charge in [0, 0.05) is 52.4 Å². The van der Waals surface area contributed by atoms with Crippen LogP contribution in [0.15, 0.2) is 94.9 Å². The van der Waals surface area contributed by atoms with Crippen LogP contribution in [0.5, 0.6) is 0 Å². The first kappa shape index (κ1) is 37.2. The molecule has 2 N–H and O–H groups in total. The zero-order valence-electron chi connectivity index (χ0n) is 28.6. The number of allylic oxidation sites excluding steroid dienone is 8. The number of esters is 6. The second-order valence-corrected chi connectivity index (χ2v) is 12.4. The largest absolute Gasteiger partial charge is 0.480 e. The fourth-order valence-electron chi connectivity index (χ4n) is 5.34. The lowest BCUT2D eigenvalue weighted by atomic mass is 9.87. The Kier molecular flexibility index (Phi) is 10.2. The number of aliphatic hydroxyl groups is 2. The molecule has 16 nitrogen and oxygen atoms in total. The van der Waals surface area contributed by atoms with Crippen molar-refractivity contribution in [2.75, 3.05) is 0 Å². The average molecular weight is 725 g/mol. The predicted molar refractivity (Wildman–Crippen MR) is 172 cm³/mol. The van der Waals surface area contributed by atoms with Gasteiger partial charge in [-0.15, -0.1) is 0 Å². The summed E-state index contributed by atoms with van der Waals surface area (Å²) in [6, 6.07) is 0. The number of rotatable bonds is 8. The molecular weight excluding hydrogens is 688 g/mol. The standard InChI is InChI=1S/C36H36O16/c1-5-33(3)45-25(37)21(26(38)46-33)13-9-7-11-15-23-29(41)49-35(50-30(23)42)17-19-36(20-18-35)51-31(43)24(32(44)52-36)16-12-8-10-14-22-27(39)47-34(4,6-2)48-28(22)40/h7-16,37,39H,5-6,17-20H2,1-4H3. The summed E-state index contributed by atoms with van der Waals surface area (Å²) in [4.78, 5) is 75.6. The van der Waals surface area contributed by atoms with Crippen molar-refractivity contribution in [3.63, 3.8) is 0 Å². The first-order valence-corrected chi connectivity index (χ1v) is 16.3. The highest BCUT2D eigenvalue weighted by atomic mass is 16.8. The Balaban J connectivity index is 1.14. The fourth-order valence-corrected chi connectivity index (χ4v) is 5.34. The van der Waals surface area contributed by atoms with E-state index in [1.54, 1.807) is 13.8 Å². The zero-order chi connectivity index (χ0) is 37.9. The number of carbonyl (C=O) groups excluding carboxylic acids is 6. The molecule has 2 atom stereocenters. The third-order valence-corrected chi connectivity index (χ3v) is 8.69. The predicted octanol–water partition coefficient (Wildman–Crippen LogP) is 4.17. The first-order chi connectivity index (χ1) is 24.5. The van der Waals surface area contributed by atoms with Gasteiger partial charge in [0.05, 0.1) is 0 Å². The summed E-state index contributed by atoms with van der Waals surface area (Å²) in [6.45, 7) is 6.45. The molecule has 52 heavy (non-hydrogen) atoms. The molecule has 5 aliphatic rings. The third kappa shape index (κ3) is 7.80. The normalized spacial score (nSPS) is 31.2. The van der Waals surface area contributed by atoms with Crippen LogP contribution in [0.4, 0.5) is 0 Å². The Hall–Kier alpha value is -6.06. The second-order valence-electron chi connectivity index (χ2n) is 12.4. The van der Waals surface area contributed by atoms with Crippen LogP contribution < -0.4 is 0 Å². The van der Waals surface area contributed by atoms with E-state index in [1.807, 2.05) is 0 Å². The molecule has 5 rings (SSSR count). The van der Waals surface area contributed by atoms with E-state index in [0.29, 0.717) is 12.8 Å². The molecular formula is C36H36O16. The fraction of sp³-hybridized carbons (Fsp3) is 0.389. The molecule has 276 valence electrons. The number of hydrogen-bond donors (Lipinski definition) is 2. The monoisotopic (exact) mass is 724 g/mol. The van der Waals surface area contributed by atoms with E-state index in [-0.39, 0.29) is 36.8 Å². The SMILES string of the molecule is CCC1(C)OC(=O)C(C=CC=CC=C2C(=O)OC3(CCC4(CC3)OC(=O)C(=CC=CC=CC3=C(O)OC(C)(CC)OC3=O)C(=O)O4)OC2=O)=C(O)O1. The van der Waals surface area contributed by atoms with Gasteiger partial charge < -0.3 is 48.1 Å². The minimum Gasteiger partial charge on any atom is -0.480 e. The van der Waals surface area contributed by atoms with E-state index in [4.69, 9.17) is 37.9 Å². The topological polar surface area (TPSA) is 217 Å². The lowest BCUT2D eigenvalue weighted by Crippen LogP contribution is -2.56. The van der Waals surface area contributed by atoms with Crippen molar-refractivity contribution in [1.29, 1.82) is 0 Å². The molecule has 1 saturated carbocycles. The van der Waals surface area contributed by atoms with Crippen LogP contribution in [0.2, 0.25) is 0 Å². The molecule has 2 unspecified atom stereocenters. The summed E-state index contributed by atoms with van der Waals surface area (Å²) in [6.07, 6.45) is 12.9. The number of carbonyl (C=O) groups is 6. The Morgan fingerprint density at radius 2 is 0.808 bits per heavy atom. The van der Waals surface area contributed by atoms with E-state index in [1.165, 1.54) is 62.5 Å². The van der Waals surface area contributed by atoms with Crippen LogP contribution in [0.25, 0.3) is 0 Å². The van der Waals surface area contributed by atoms with E-state index >= 15 is 0 Å². The van der Waals surface area contributed by atoms with Gasteiger partial charge in [-0.2, -0.15) is 0 Å². The van der Waals surface area contributed by atoms with Crippen molar-refractivity contribution in [3.05, 3.63) is 94.9 Å². The van der Waals surface area contributed by atoms with Crippen molar-refractivity contribution in [3.8, 4) is 0 Å². The summed E-state index contributed by atoms with van der Waals surface area (Å²) in [5.74, 6) is -12.5. The summed E-state index contributed by atoms with van der Waals surface area (Å²) >= 11 is 0. The average Bonchev–Trinajstić information content (AvgIpc) is 3.06. The van der Waals surface area contributed by atoms with Gasteiger partial charge in [0.15, 0.2) is 0 Å². The highest BCUT2D eigenvalue weighted by Gasteiger charge is 2.56. The molecule has 4 aliphatic heterocycles. The molecule has 3 fully saturated rings. The molecule has 16 heteroatoms. The number of ether oxygens (including phenoxy) is 8. The van der Waals surface area contributed by atoms with Crippen LogP contribution in [0.1, 0.15) is 66.2 Å². The minimum absolute atomic E-state index is 0.138. The lowest BCUT2D eigenvalue weighted by molar-refractivity contribution is -0.291. The maximum absolute atomic E-state index is 12.8. The van der Waals surface area contributed by atoms with Crippen molar-refractivity contribution in [1.82, 2.24) is 0 Å². The van der Waals surface area contributed by atoms with Gasteiger partial charge in [-0.25, -0.2) is 28.8 Å². The lowest BCUT2D eigenvalue weighted by Gasteiger charge is -2.45. The molecule has 1 aliphatic carbocycles. The molecule has 2 spiro atoms. The van der Waals surface area contributed by atoms with Crippen molar-refractivity contribution in [2.45, 2.75) is 89.4 Å². The molecule has 0 amide bonds. The Morgan fingerprint density at radius 3 is 1.10 bits per heavy atom. The number of aliphatic hydroxyl groups excluding tert-OH is 2. The van der Waals surface area contributed by atoms with Gasteiger partial charge in [0.2, 0.25) is 0 Å². The van der Waals surface area contributed by atoms with E-state index in [9.17, 15) is 39.0 Å². The Bertz CT molecular complexity index is 1650. The Morgan fingerprint density at radius 1 is 0.481 bits per heavy atom. The Labute approximate surface area is 296 Å². The van der Waals surface area contributed by atoms with Gasteiger partial charge in [0.25, 0.3) is 35.0 Å². The van der Waals surface area contributed by atoms with Gasteiger partial charge in [-0.1, -0.05) is 50.3 Å². The summed E-state index contributed by atoms with van der Waals surface area (Å²) in [7, 11) is 0. The van der Waals surface area contributed by atoms with Gasteiger partial charge in [-0.05, 0) is 24.3 Å². The maximum Gasteiger partial charge on any atom is 0.348 e. The van der Waals surface area contributed by atoms with Crippen molar-refractivity contribution >= 4 is 35.8 Å². The van der Waals surface area contributed by atoms with Gasteiger partial charge in [0.1, 0.15) is 22.3 Å². The van der Waals surface area contributed by atoms with Gasteiger partial charge >= 0.3 is 35.8 Å². The van der Waals surface area contributed by atoms with Crippen molar-refractivity contribution < 1.29 is 76.9 Å². The highest BCUT2D eigenvalue weighted by molar-refractivity contribution is 6.16. The van der Waals surface area contributed by atoms with Crippen LogP contribution in [-0.4, -0.2) is 69.2 Å². The smallest absolute Gasteiger partial charge is 0.348 e. The van der Waals surface area contributed by atoms with Crippen LogP contribution >= 0.6 is 0 Å². The zero-order valence-corrected chi connectivity index (χ0v) is 28.6. The quantitative estimate of drug-likeness (QED) is 0.118. The molecule has 2 saturated heterocycles. The molecule has 4 heterocycles. The molecule has 0 aromatic carbocycles. The van der Waals surface area contributed by atoms with E-state index < -0.39 is 82.0 Å². The number of cyclic esters (lactones) is 2. The first-order valence-electron chi connectivity index (χ1n) is 16.3. The van der Waals surface area contributed by atoms with E-state index in [2.05, 4.69) is 0 Å². The van der Waals surface area contributed by atoms with Crippen molar-refractivity contribution in [2.24, 2.45) is 0 Å². The summed E-state index contributed by atoms with van der Waals surface area (Å²) in [5, 5.41) is 20.1. The minimum atomic E-state index is -1.67. The summed E-state index contributed by atoms with van der Waals surface area (Å²) < 4.78 is 42.8. The molecule has 0 aromatic heterocycles. The number of hydrogen-bond acceptors (Lipinski definition) is 16. The summed E-state index contributed by atoms with van der Waals surface area (Å²) in [5.41, 5.74) is -1.27. The van der Waals surface area contributed by atoms with Crippen LogP contribution in [-0.2, 0) is 66.7 Å². The van der Waals surface area contributed by atoms with Crippen LogP contribution in [0, 0.1) is 0 Å². The molecule has 0 radical (unpaired) electrons. The van der Waals surface area contributed by atoms with Crippen LogP contribution in [0.3, 0.4) is 0 Å². The third-order valence-electron chi connectivity index (χ3n) is 8.69. The van der Waals surface area contributed by atoms with E-state index in [0.717, 1.165) is 12.2 Å². The highest BCUT2D eigenvalue weighted by Crippen LogP contribution is 2.45. The maximum atomic E-state index is 12.8. The molecule has 0 aromatic rings. The molecule has 0 bridgehead atoms. The van der Waals surface area contributed by atoms with Gasteiger partial charge in [-0.3, -0.25) is 0 Å². The second kappa shape index (κ2) is 14.3.